The molecule has 0 fully saturated rings. The number of nitrogens with two attached hydrogens (primary N) is 1. The number of halogens is 1. The van der Waals surface area contributed by atoms with Crippen molar-refractivity contribution in [3.63, 3.8) is 0 Å². The average molecular weight is 262 g/mol. The fourth-order valence-electron chi connectivity index (χ4n) is 2.21. The molecule has 0 aliphatic heterocycles. The third-order valence-corrected chi connectivity index (χ3v) is 3.07. The van der Waals surface area contributed by atoms with E-state index in [0.717, 1.165) is 11.1 Å². The van der Waals surface area contributed by atoms with Crippen molar-refractivity contribution in [1.29, 1.82) is 0 Å². The molecule has 0 saturated carbocycles. The van der Waals surface area contributed by atoms with Gasteiger partial charge in [-0.05, 0) is 18.6 Å². The van der Waals surface area contributed by atoms with Gasteiger partial charge in [0.05, 0.1) is 11.9 Å². The fourth-order valence-corrected chi connectivity index (χ4v) is 2.21. The maximum absolute atomic E-state index is 14.1. The van der Waals surface area contributed by atoms with Gasteiger partial charge in [0.1, 0.15) is 5.82 Å². The molecule has 0 bridgehead atoms. The zero-order valence-electron chi connectivity index (χ0n) is 11.5. The van der Waals surface area contributed by atoms with E-state index in [1.807, 2.05) is 38.2 Å². The molecule has 5 heteroatoms. The smallest absolute Gasteiger partial charge is 0.146 e. The lowest BCUT2D eigenvalue weighted by Crippen LogP contribution is -2.21. The summed E-state index contributed by atoms with van der Waals surface area (Å²) in [6.07, 6.45) is 3.70. The Morgan fingerprint density at radius 3 is 2.79 bits per heavy atom. The van der Waals surface area contributed by atoms with E-state index in [4.69, 9.17) is 5.73 Å². The topological polar surface area (TPSA) is 47.1 Å². The summed E-state index contributed by atoms with van der Waals surface area (Å²) in [7, 11) is 3.72. The van der Waals surface area contributed by atoms with Crippen LogP contribution in [0.15, 0.2) is 30.6 Å². The van der Waals surface area contributed by atoms with E-state index >= 15 is 0 Å². The Labute approximate surface area is 112 Å². The maximum Gasteiger partial charge on any atom is 0.146 e. The molecule has 0 saturated heterocycles. The van der Waals surface area contributed by atoms with Gasteiger partial charge in [-0.25, -0.2) is 4.39 Å². The van der Waals surface area contributed by atoms with Gasteiger partial charge in [0.2, 0.25) is 0 Å². The van der Waals surface area contributed by atoms with Crippen LogP contribution in [0, 0.1) is 5.82 Å². The van der Waals surface area contributed by atoms with Crippen LogP contribution in [0.5, 0.6) is 0 Å². The minimum absolute atomic E-state index is 0.206. The number of benzene rings is 1. The lowest BCUT2D eigenvalue weighted by molar-refractivity contribution is 0.616. The Balaban J connectivity index is 2.30. The minimum Gasteiger partial charge on any atom is -0.368 e. The summed E-state index contributed by atoms with van der Waals surface area (Å²) in [5, 5.41) is 4.11. The van der Waals surface area contributed by atoms with Gasteiger partial charge in [-0.2, -0.15) is 5.10 Å². The van der Waals surface area contributed by atoms with Gasteiger partial charge < -0.3 is 10.6 Å². The summed E-state index contributed by atoms with van der Waals surface area (Å²) in [6, 6.07) is 4.81. The summed E-state index contributed by atoms with van der Waals surface area (Å²) in [5.41, 5.74) is 8.31. The number of para-hydroxylation sites is 1. The predicted octanol–water partition coefficient (Wildman–Crippen LogP) is 2.22. The Morgan fingerprint density at radius 2 is 2.21 bits per heavy atom. The molecule has 19 heavy (non-hydrogen) atoms. The molecule has 2 aromatic rings. The van der Waals surface area contributed by atoms with Crippen LogP contribution in [-0.4, -0.2) is 16.8 Å². The van der Waals surface area contributed by atoms with Crippen LogP contribution in [0.25, 0.3) is 0 Å². The summed E-state index contributed by atoms with van der Waals surface area (Å²) in [4.78, 5) is 1.87. The van der Waals surface area contributed by atoms with Crippen molar-refractivity contribution in [2.24, 2.45) is 12.8 Å². The molecule has 2 rings (SSSR count). The molecule has 1 heterocycles. The Kier molecular flexibility index (Phi) is 3.85. The van der Waals surface area contributed by atoms with Crippen LogP contribution in [0.1, 0.15) is 24.1 Å². The van der Waals surface area contributed by atoms with Gasteiger partial charge in [0.25, 0.3) is 0 Å². The van der Waals surface area contributed by atoms with E-state index in [9.17, 15) is 4.39 Å². The highest BCUT2D eigenvalue weighted by Gasteiger charge is 2.16. The van der Waals surface area contributed by atoms with Crippen molar-refractivity contribution >= 4 is 5.69 Å². The van der Waals surface area contributed by atoms with Gasteiger partial charge in [-0.3, -0.25) is 4.68 Å². The molecule has 0 aliphatic rings. The van der Waals surface area contributed by atoms with Crippen molar-refractivity contribution in [2.75, 3.05) is 11.9 Å². The monoisotopic (exact) mass is 262 g/mol. The van der Waals surface area contributed by atoms with Gasteiger partial charge >= 0.3 is 0 Å². The molecule has 0 amide bonds. The Hall–Kier alpha value is -1.88. The number of hydrogen-bond donors (Lipinski definition) is 1. The number of anilines is 1. The first-order valence-electron chi connectivity index (χ1n) is 6.21. The second kappa shape index (κ2) is 5.40. The van der Waals surface area contributed by atoms with Gasteiger partial charge in [-0.15, -0.1) is 0 Å². The van der Waals surface area contributed by atoms with E-state index in [-0.39, 0.29) is 11.9 Å². The van der Waals surface area contributed by atoms with Crippen LogP contribution in [0.4, 0.5) is 10.1 Å². The molecular weight excluding hydrogens is 243 g/mol. The number of rotatable bonds is 4. The van der Waals surface area contributed by atoms with Crippen LogP contribution >= 0.6 is 0 Å². The SMILES string of the molecule is CC(N)c1cccc(F)c1N(C)Cc1cnn(C)c1. The van der Waals surface area contributed by atoms with E-state index in [0.29, 0.717) is 12.2 Å². The molecule has 0 aliphatic carbocycles. The number of hydrogen-bond acceptors (Lipinski definition) is 3. The lowest BCUT2D eigenvalue weighted by atomic mass is 10.1. The third kappa shape index (κ3) is 2.93. The van der Waals surface area contributed by atoms with Crippen molar-refractivity contribution in [2.45, 2.75) is 19.5 Å². The maximum atomic E-state index is 14.1. The number of aryl methyl sites for hydroxylation is 1. The normalized spacial score (nSPS) is 12.5. The molecule has 2 N–H and O–H groups in total. The van der Waals surface area contributed by atoms with Crippen LogP contribution in [0.2, 0.25) is 0 Å². The molecule has 1 unspecified atom stereocenters. The number of aromatic nitrogens is 2. The third-order valence-electron chi connectivity index (χ3n) is 3.07. The quantitative estimate of drug-likeness (QED) is 0.919. The predicted molar refractivity (Wildman–Crippen MR) is 74.3 cm³/mol. The van der Waals surface area contributed by atoms with Crippen molar-refractivity contribution in [3.8, 4) is 0 Å². The lowest BCUT2D eigenvalue weighted by Gasteiger charge is -2.24. The molecule has 1 aromatic heterocycles. The molecule has 1 atom stereocenters. The van der Waals surface area contributed by atoms with E-state index in [2.05, 4.69) is 5.10 Å². The van der Waals surface area contributed by atoms with Crippen molar-refractivity contribution in [1.82, 2.24) is 9.78 Å². The highest BCUT2D eigenvalue weighted by molar-refractivity contribution is 5.55. The molecular formula is C14H19FN4. The Bertz CT molecular complexity index is 562. The van der Waals surface area contributed by atoms with E-state index in [1.54, 1.807) is 16.9 Å². The van der Waals surface area contributed by atoms with Gasteiger partial charge in [-0.1, -0.05) is 12.1 Å². The van der Waals surface area contributed by atoms with Crippen LogP contribution in [-0.2, 0) is 13.6 Å². The summed E-state index contributed by atoms with van der Waals surface area (Å²) in [6.45, 7) is 2.45. The highest BCUT2D eigenvalue weighted by atomic mass is 19.1. The van der Waals surface area contributed by atoms with Gasteiger partial charge in [0, 0.05) is 38.4 Å². The van der Waals surface area contributed by atoms with E-state index in [1.165, 1.54) is 6.07 Å². The standard InChI is InChI=1S/C14H19FN4/c1-10(16)12-5-4-6-13(15)14(12)18(2)8-11-7-17-19(3)9-11/h4-7,9-10H,8,16H2,1-3H3. The first-order valence-corrected chi connectivity index (χ1v) is 6.21. The van der Waals surface area contributed by atoms with Crippen LogP contribution in [0.3, 0.4) is 0 Å². The van der Waals surface area contributed by atoms with Crippen molar-refractivity contribution < 1.29 is 4.39 Å². The Morgan fingerprint density at radius 1 is 1.47 bits per heavy atom. The molecule has 4 nitrogen and oxygen atoms in total. The summed E-state index contributed by atoms with van der Waals surface area (Å²) >= 11 is 0. The second-order valence-corrected chi connectivity index (χ2v) is 4.84. The van der Waals surface area contributed by atoms with Crippen LogP contribution < -0.4 is 10.6 Å². The summed E-state index contributed by atoms with van der Waals surface area (Å²) in [5.74, 6) is -0.249. The molecule has 1 aromatic carbocycles. The van der Waals surface area contributed by atoms with E-state index < -0.39 is 0 Å². The molecule has 102 valence electrons. The minimum atomic E-state index is -0.249. The average Bonchev–Trinajstić information content (AvgIpc) is 2.74. The summed E-state index contributed by atoms with van der Waals surface area (Å²) < 4.78 is 15.8. The fraction of sp³-hybridized carbons (Fsp3) is 0.357. The van der Waals surface area contributed by atoms with Crippen molar-refractivity contribution in [3.05, 3.63) is 47.5 Å². The number of nitrogens with zero attached hydrogens (tertiary/aromatic N) is 3. The second-order valence-electron chi connectivity index (χ2n) is 4.84. The highest BCUT2D eigenvalue weighted by Crippen LogP contribution is 2.28. The molecule has 0 spiro atoms. The zero-order chi connectivity index (χ0) is 14.0. The first kappa shape index (κ1) is 13.5. The zero-order valence-corrected chi connectivity index (χ0v) is 11.5. The molecule has 0 radical (unpaired) electrons. The largest absolute Gasteiger partial charge is 0.368 e. The van der Waals surface area contributed by atoms with Gasteiger partial charge in [0.15, 0.2) is 0 Å². The first-order chi connectivity index (χ1) is 8.99.